The first-order valence-corrected chi connectivity index (χ1v) is 6.84. The van der Waals surface area contributed by atoms with E-state index in [1.807, 2.05) is 12.3 Å². The maximum Gasteiger partial charge on any atom is 0.250 e. The molecule has 0 spiro atoms. The third-order valence-corrected chi connectivity index (χ3v) is 3.50. The fraction of sp³-hybridized carbons (Fsp3) is 0.571. The van der Waals surface area contributed by atoms with Crippen molar-refractivity contribution in [1.29, 1.82) is 0 Å². The Morgan fingerprint density at radius 1 is 1.53 bits per heavy atom. The second-order valence-corrected chi connectivity index (χ2v) is 5.24. The lowest BCUT2D eigenvalue weighted by atomic mass is 10.2. The quantitative estimate of drug-likeness (QED) is 0.860. The summed E-state index contributed by atoms with van der Waals surface area (Å²) in [7, 11) is 0. The molecule has 0 radical (unpaired) electrons. The molecule has 1 saturated carbocycles. The molecule has 1 aromatic rings. The Morgan fingerprint density at radius 2 is 2.42 bits per heavy atom. The number of nitrogens with zero attached hydrogens (tertiary/aromatic N) is 2. The van der Waals surface area contributed by atoms with Crippen molar-refractivity contribution in [2.45, 2.75) is 31.5 Å². The fourth-order valence-corrected chi connectivity index (χ4v) is 2.28. The second-order valence-electron chi connectivity index (χ2n) is 5.24. The molecule has 1 aliphatic carbocycles. The standard InChI is InChI=1S/C14H19N3O2/c18-14(16-12-3-4-12)13-10-17(6-7-19-13)9-11-2-1-5-15-8-11/h1-2,5,8,12-13H,3-4,6-7,9-10H2,(H,16,18). The molecule has 0 aromatic carbocycles. The van der Waals surface area contributed by atoms with Gasteiger partial charge in [0.1, 0.15) is 6.10 Å². The molecule has 1 saturated heterocycles. The summed E-state index contributed by atoms with van der Waals surface area (Å²) >= 11 is 0. The predicted molar refractivity (Wildman–Crippen MR) is 70.4 cm³/mol. The number of carbonyl (C=O) groups is 1. The zero-order valence-corrected chi connectivity index (χ0v) is 10.9. The van der Waals surface area contributed by atoms with E-state index >= 15 is 0 Å². The van der Waals surface area contributed by atoms with Crippen LogP contribution >= 0.6 is 0 Å². The van der Waals surface area contributed by atoms with Gasteiger partial charge in [0.2, 0.25) is 0 Å². The number of ether oxygens (including phenoxy) is 1. The lowest BCUT2D eigenvalue weighted by molar-refractivity contribution is -0.138. The number of aromatic nitrogens is 1. The Balaban J connectivity index is 1.53. The summed E-state index contributed by atoms with van der Waals surface area (Å²) in [6.07, 6.45) is 5.53. The number of nitrogens with one attached hydrogen (secondary N) is 1. The predicted octanol–water partition coefficient (Wildman–Crippen LogP) is 0.561. The maximum absolute atomic E-state index is 12.0. The van der Waals surface area contributed by atoms with Gasteiger partial charge < -0.3 is 10.1 Å². The molecule has 2 heterocycles. The van der Waals surface area contributed by atoms with Gasteiger partial charge in [0, 0.05) is 38.1 Å². The first kappa shape index (κ1) is 12.6. The molecule has 0 bridgehead atoms. The number of pyridine rings is 1. The van der Waals surface area contributed by atoms with Gasteiger partial charge in [0.25, 0.3) is 5.91 Å². The zero-order valence-electron chi connectivity index (χ0n) is 10.9. The van der Waals surface area contributed by atoms with Crippen LogP contribution in [-0.2, 0) is 16.1 Å². The molecule has 1 N–H and O–H groups in total. The van der Waals surface area contributed by atoms with Crippen molar-refractivity contribution in [3.63, 3.8) is 0 Å². The summed E-state index contributed by atoms with van der Waals surface area (Å²) in [6.45, 7) is 2.96. The van der Waals surface area contributed by atoms with Gasteiger partial charge in [-0.3, -0.25) is 14.7 Å². The largest absolute Gasteiger partial charge is 0.366 e. The summed E-state index contributed by atoms with van der Waals surface area (Å²) in [6, 6.07) is 4.39. The van der Waals surface area contributed by atoms with Gasteiger partial charge in [-0.15, -0.1) is 0 Å². The first-order chi connectivity index (χ1) is 9.31. The number of carbonyl (C=O) groups excluding carboxylic acids is 1. The topological polar surface area (TPSA) is 54.5 Å². The SMILES string of the molecule is O=C(NC1CC1)C1CN(Cc2cccnc2)CCO1. The van der Waals surface area contributed by atoms with Crippen LogP contribution in [0.2, 0.25) is 0 Å². The molecule has 1 aliphatic heterocycles. The molecule has 1 atom stereocenters. The number of hydrogen-bond acceptors (Lipinski definition) is 4. The fourth-order valence-electron chi connectivity index (χ4n) is 2.28. The molecule has 5 heteroatoms. The molecule has 1 amide bonds. The number of amides is 1. The lowest BCUT2D eigenvalue weighted by Gasteiger charge is -2.32. The molecule has 1 unspecified atom stereocenters. The Bertz CT molecular complexity index is 434. The molecule has 2 aliphatic rings. The highest BCUT2D eigenvalue weighted by atomic mass is 16.5. The van der Waals surface area contributed by atoms with Gasteiger partial charge in [-0.2, -0.15) is 0 Å². The summed E-state index contributed by atoms with van der Waals surface area (Å²) in [5.41, 5.74) is 1.17. The highest BCUT2D eigenvalue weighted by Gasteiger charge is 2.31. The van der Waals surface area contributed by atoms with Crippen LogP contribution in [-0.4, -0.2) is 47.6 Å². The van der Waals surface area contributed by atoms with E-state index < -0.39 is 0 Å². The van der Waals surface area contributed by atoms with E-state index in [1.54, 1.807) is 6.20 Å². The minimum atomic E-state index is -0.328. The van der Waals surface area contributed by atoms with Gasteiger partial charge in [-0.1, -0.05) is 6.07 Å². The van der Waals surface area contributed by atoms with Crippen LogP contribution < -0.4 is 5.32 Å². The Hall–Kier alpha value is -1.46. The Morgan fingerprint density at radius 3 is 3.16 bits per heavy atom. The Labute approximate surface area is 113 Å². The summed E-state index contributed by atoms with van der Waals surface area (Å²) in [5.74, 6) is 0.0402. The molecule has 19 heavy (non-hydrogen) atoms. The van der Waals surface area contributed by atoms with Crippen LogP contribution in [0, 0.1) is 0 Å². The molecule has 3 rings (SSSR count). The highest BCUT2D eigenvalue weighted by molar-refractivity contribution is 5.81. The van der Waals surface area contributed by atoms with Crippen molar-refractivity contribution in [2.75, 3.05) is 19.7 Å². The average Bonchev–Trinajstić information content (AvgIpc) is 3.24. The van der Waals surface area contributed by atoms with Crippen molar-refractivity contribution in [2.24, 2.45) is 0 Å². The molecular formula is C14H19N3O2. The van der Waals surface area contributed by atoms with Gasteiger partial charge in [-0.05, 0) is 24.5 Å². The van der Waals surface area contributed by atoms with Gasteiger partial charge in [-0.25, -0.2) is 0 Å². The number of morpholine rings is 1. The Kier molecular flexibility index (Phi) is 3.75. The summed E-state index contributed by atoms with van der Waals surface area (Å²) in [5, 5.41) is 3.01. The first-order valence-electron chi connectivity index (χ1n) is 6.84. The van der Waals surface area contributed by atoms with Crippen LogP contribution in [0.4, 0.5) is 0 Å². The van der Waals surface area contributed by atoms with E-state index in [-0.39, 0.29) is 12.0 Å². The van der Waals surface area contributed by atoms with Crippen LogP contribution in [0.15, 0.2) is 24.5 Å². The smallest absolute Gasteiger partial charge is 0.250 e. The average molecular weight is 261 g/mol. The number of hydrogen-bond donors (Lipinski definition) is 1. The summed E-state index contributed by atoms with van der Waals surface area (Å²) in [4.78, 5) is 18.3. The normalized spacial score (nSPS) is 24.1. The van der Waals surface area contributed by atoms with Crippen molar-refractivity contribution in [3.05, 3.63) is 30.1 Å². The maximum atomic E-state index is 12.0. The van der Waals surface area contributed by atoms with Gasteiger partial charge >= 0.3 is 0 Å². The third kappa shape index (κ3) is 3.52. The number of rotatable bonds is 4. The van der Waals surface area contributed by atoms with Gasteiger partial charge in [0.05, 0.1) is 6.61 Å². The molecule has 1 aromatic heterocycles. The lowest BCUT2D eigenvalue weighted by Crippen LogP contribution is -2.49. The second kappa shape index (κ2) is 5.67. The van der Waals surface area contributed by atoms with Crippen LogP contribution in [0.3, 0.4) is 0 Å². The van der Waals surface area contributed by atoms with Crippen molar-refractivity contribution in [3.8, 4) is 0 Å². The molecule has 2 fully saturated rings. The van der Waals surface area contributed by atoms with Crippen molar-refractivity contribution in [1.82, 2.24) is 15.2 Å². The minimum absolute atomic E-state index is 0.0402. The van der Waals surface area contributed by atoms with Crippen LogP contribution in [0.25, 0.3) is 0 Å². The molecule has 102 valence electrons. The van der Waals surface area contributed by atoms with Crippen molar-refractivity contribution < 1.29 is 9.53 Å². The van der Waals surface area contributed by atoms with Crippen LogP contribution in [0.5, 0.6) is 0 Å². The highest BCUT2D eigenvalue weighted by Crippen LogP contribution is 2.19. The molecular weight excluding hydrogens is 242 g/mol. The summed E-state index contributed by atoms with van der Waals surface area (Å²) < 4.78 is 5.57. The third-order valence-electron chi connectivity index (χ3n) is 3.50. The zero-order chi connectivity index (χ0) is 13.1. The van der Waals surface area contributed by atoms with E-state index in [1.165, 1.54) is 5.56 Å². The van der Waals surface area contributed by atoms with E-state index in [0.717, 1.165) is 25.9 Å². The van der Waals surface area contributed by atoms with Crippen LogP contribution in [0.1, 0.15) is 18.4 Å². The van der Waals surface area contributed by atoms with Crippen molar-refractivity contribution >= 4 is 5.91 Å². The van der Waals surface area contributed by atoms with E-state index in [9.17, 15) is 4.79 Å². The minimum Gasteiger partial charge on any atom is -0.366 e. The molecule has 5 nitrogen and oxygen atoms in total. The van der Waals surface area contributed by atoms with E-state index in [2.05, 4.69) is 21.3 Å². The van der Waals surface area contributed by atoms with E-state index in [4.69, 9.17) is 4.74 Å². The van der Waals surface area contributed by atoms with Gasteiger partial charge in [0.15, 0.2) is 0 Å². The monoisotopic (exact) mass is 261 g/mol. The van der Waals surface area contributed by atoms with E-state index in [0.29, 0.717) is 19.2 Å².